The number of imidazole rings is 1. The number of morpholine rings is 1. The van der Waals surface area contributed by atoms with Crippen LogP contribution < -0.4 is 10.2 Å². The van der Waals surface area contributed by atoms with Gasteiger partial charge < -0.3 is 19.9 Å². The van der Waals surface area contributed by atoms with Crippen molar-refractivity contribution in [1.82, 2.24) is 39.2 Å². The van der Waals surface area contributed by atoms with Crippen molar-refractivity contribution in [3.05, 3.63) is 53.5 Å². The molecule has 0 atom stereocenters. The number of aryl methyl sites for hydroxylation is 1. The third-order valence-electron chi connectivity index (χ3n) is 6.56. The lowest BCUT2D eigenvalue weighted by molar-refractivity contribution is -0.125. The van der Waals surface area contributed by atoms with Crippen LogP contribution in [0.4, 0.5) is 11.8 Å². The summed E-state index contributed by atoms with van der Waals surface area (Å²) >= 11 is 1.61. The molecule has 0 saturated carbocycles. The van der Waals surface area contributed by atoms with Crippen molar-refractivity contribution >= 4 is 45.7 Å². The molecule has 0 unspecified atom stereocenters. The Balaban J connectivity index is 1.26. The molecule has 1 saturated heterocycles. The van der Waals surface area contributed by atoms with E-state index in [-0.39, 0.29) is 5.91 Å². The molecular formula is C25H28N10O2S. The summed E-state index contributed by atoms with van der Waals surface area (Å²) in [5, 5.41) is 8.66. The van der Waals surface area contributed by atoms with Crippen LogP contribution in [-0.2, 0) is 23.1 Å². The SMILES string of the molecule is C=CC(=O)N1CCC=C(c2cnc(CNc3nc(N4CCOCC4)nc4c3ncn4-c3cnn(C)c3)s2)C1. The van der Waals surface area contributed by atoms with E-state index in [2.05, 4.69) is 37.9 Å². The normalized spacial score (nSPS) is 16.1. The number of carbonyl (C=O) groups excluding carboxylic acids is 1. The molecule has 0 bridgehead atoms. The van der Waals surface area contributed by atoms with Crippen LogP contribution in [-0.4, -0.2) is 84.5 Å². The summed E-state index contributed by atoms with van der Waals surface area (Å²) in [6.45, 7) is 8.10. The van der Waals surface area contributed by atoms with E-state index in [1.165, 1.54) is 6.08 Å². The highest BCUT2D eigenvalue weighted by Gasteiger charge is 2.21. The minimum atomic E-state index is -0.0448. The minimum absolute atomic E-state index is 0.0448. The molecule has 4 aromatic rings. The number of amides is 1. The summed E-state index contributed by atoms with van der Waals surface area (Å²) in [6, 6.07) is 0. The van der Waals surface area contributed by atoms with Crippen molar-refractivity contribution in [2.75, 3.05) is 49.6 Å². The number of anilines is 2. The number of nitrogens with zero attached hydrogens (tertiary/aromatic N) is 9. The highest BCUT2D eigenvalue weighted by Crippen LogP contribution is 2.29. The molecule has 13 heteroatoms. The Kier molecular flexibility index (Phi) is 6.60. The number of ether oxygens (including phenoxy) is 1. The first-order valence-electron chi connectivity index (χ1n) is 12.4. The number of hydrogen-bond acceptors (Lipinski definition) is 10. The highest BCUT2D eigenvalue weighted by atomic mass is 32.1. The van der Waals surface area contributed by atoms with E-state index in [1.807, 2.05) is 28.9 Å². The van der Waals surface area contributed by atoms with E-state index in [0.29, 0.717) is 55.8 Å². The summed E-state index contributed by atoms with van der Waals surface area (Å²) in [5.41, 5.74) is 3.37. The van der Waals surface area contributed by atoms with Gasteiger partial charge in [0, 0.05) is 45.6 Å². The number of nitrogens with one attached hydrogen (secondary N) is 1. The van der Waals surface area contributed by atoms with Gasteiger partial charge in [0.05, 0.1) is 36.5 Å². The lowest BCUT2D eigenvalue weighted by Gasteiger charge is -2.27. The topological polar surface area (TPSA) is 119 Å². The van der Waals surface area contributed by atoms with Crippen LogP contribution in [0.25, 0.3) is 22.4 Å². The van der Waals surface area contributed by atoms with Crippen molar-refractivity contribution in [1.29, 1.82) is 0 Å². The molecule has 4 aromatic heterocycles. The van der Waals surface area contributed by atoms with Crippen molar-refractivity contribution in [3.8, 4) is 5.69 Å². The molecule has 12 nitrogen and oxygen atoms in total. The summed E-state index contributed by atoms with van der Waals surface area (Å²) < 4.78 is 9.20. The molecule has 2 aliphatic heterocycles. The van der Waals surface area contributed by atoms with E-state index < -0.39 is 0 Å². The molecule has 2 aliphatic rings. The third kappa shape index (κ3) is 4.77. The van der Waals surface area contributed by atoms with Crippen LogP contribution in [0.5, 0.6) is 0 Å². The molecule has 1 N–H and O–H groups in total. The van der Waals surface area contributed by atoms with E-state index in [9.17, 15) is 4.79 Å². The van der Waals surface area contributed by atoms with Gasteiger partial charge in [-0.25, -0.2) is 9.97 Å². The van der Waals surface area contributed by atoms with Crippen molar-refractivity contribution in [2.24, 2.45) is 7.05 Å². The van der Waals surface area contributed by atoms with Crippen LogP contribution in [0, 0.1) is 0 Å². The molecule has 196 valence electrons. The second-order valence-corrected chi connectivity index (χ2v) is 10.2. The number of aromatic nitrogens is 7. The predicted octanol–water partition coefficient (Wildman–Crippen LogP) is 2.26. The quantitative estimate of drug-likeness (QED) is 0.358. The number of carbonyl (C=O) groups is 1. The Bertz CT molecular complexity index is 1510. The Morgan fingerprint density at radius 3 is 2.87 bits per heavy atom. The Morgan fingerprint density at radius 1 is 1.21 bits per heavy atom. The van der Waals surface area contributed by atoms with Gasteiger partial charge in [0.25, 0.3) is 0 Å². The standard InChI is InChI=1S/C25H28N10O2S/c1-3-21(36)34-6-4-5-17(14-34)19-12-26-20(38-19)13-27-23-22-24(31-25(30-23)33-7-9-37-10-8-33)35(16-28-22)18-11-29-32(2)15-18/h3,5,11-12,15-16H,1,4,6-10,13-14H2,2H3,(H,27,30,31). The molecular weight excluding hydrogens is 504 g/mol. The average molecular weight is 533 g/mol. The maximum absolute atomic E-state index is 12.1. The van der Waals surface area contributed by atoms with Crippen LogP contribution >= 0.6 is 11.3 Å². The Morgan fingerprint density at radius 2 is 2.08 bits per heavy atom. The molecule has 38 heavy (non-hydrogen) atoms. The fourth-order valence-corrected chi connectivity index (χ4v) is 5.47. The van der Waals surface area contributed by atoms with Crippen LogP contribution in [0.3, 0.4) is 0 Å². The molecule has 0 aromatic carbocycles. The minimum Gasteiger partial charge on any atom is -0.378 e. The second kappa shape index (κ2) is 10.3. The van der Waals surface area contributed by atoms with Crippen LogP contribution in [0.15, 0.2) is 43.6 Å². The molecule has 6 rings (SSSR count). The Hall–Kier alpha value is -4.10. The van der Waals surface area contributed by atoms with Gasteiger partial charge in [-0.15, -0.1) is 11.3 Å². The predicted molar refractivity (Wildman–Crippen MR) is 145 cm³/mol. The van der Waals surface area contributed by atoms with Gasteiger partial charge in [0.2, 0.25) is 11.9 Å². The maximum Gasteiger partial charge on any atom is 0.246 e. The lowest BCUT2D eigenvalue weighted by Crippen LogP contribution is -2.37. The molecule has 0 spiro atoms. The van der Waals surface area contributed by atoms with E-state index >= 15 is 0 Å². The van der Waals surface area contributed by atoms with Gasteiger partial charge in [0.15, 0.2) is 17.0 Å². The van der Waals surface area contributed by atoms with Gasteiger partial charge in [-0.1, -0.05) is 12.7 Å². The van der Waals surface area contributed by atoms with Gasteiger partial charge in [0.1, 0.15) is 11.3 Å². The fraction of sp³-hybridized carbons (Fsp3) is 0.360. The van der Waals surface area contributed by atoms with Gasteiger partial charge >= 0.3 is 0 Å². The molecule has 1 fully saturated rings. The molecule has 0 aliphatic carbocycles. The van der Waals surface area contributed by atoms with Crippen LogP contribution in [0.2, 0.25) is 0 Å². The zero-order valence-corrected chi connectivity index (χ0v) is 21.9. The van der Waals surface area contributed by atoms with Crippen molar-refractivity contribution < 1.29 is 9.53 Å². The summed E-state index contributed by atoms with van der Waals surface area (Å²) in [5.74, 6) is 1.24. The first-order chi connectivity index (χ1) is 18.6. The third-order valence-corrected chi connectivity index (χ3v) is 7.63. The maximum atomic E-state index is 12.1. The number of thiazole rings is 1. The smallest absolute Gasteiger partial charge is 0.246 e. The van der Waals surface area contributed by atoms with Gasteiger partial charge in [-0.3, -0.25) is 14.0 Å². The zero-order valence-electron chi connectivity index (χ0n) is 21.1. The number of fused-ring (bicyclic) bond motifs is 1. The first-order valence-corrected chi connectivity index (χ1v) is 13.3. The number of hydrogen-bond donors (Lipinski definition) is 1. The van der Waals surface area contributed by atoms with E-state index in [1.54, 1.807) is 28.5 Å². The highest BCUT2D eigenvalue weighted by molar-refractivity contribution is 7.12. The van der Waals surface area contributed by atoms with Crippen LogP contribution in [0.1, 0.15) is 16.3 Å². The average Bonchev–Trinajstić information content (AvgIpc) is 3.71. The number of rotatable bonds is 7. The molecule has 1 amide bonds. The van der Waals surface area contributed by atoms with Gasteiger partial charge in [-0.05, 0) is 18.1 Å². The van der Waals surface area contributed by atoms with Crippen molar-refractivity contribution in [3.63, 3.8) is 0 Å². The largest absolute Gasteiger partial charge is 0.378 e. The fourth-order valence-electron chi connectivity index (χ4n) is 4.58. The summed E-state index contributed by atoms with van der Waals surface area (Å²) in [4.78, 5) is 36.1. The molecule has 0 radical (unpaired) electrons. The van der Waals surface area contributed by atoms with E-state index in [0.717, 1.165) is 40.7 Å². The second-order valence-electron chi connectivity index (χ2n) is 9.08. The summed E-state index contributed by atoms with van der Waals surface area (Å²) in [6.07, 6.45) is 11.7. The van der Waals surface area contributed by atoms with E-state index in [4.69, 9.17) is 14.7 Å². The Labute approximate surface area is 223 Å². The summed E-state index contributed by atoms with van der Waals surface area (Å²) in [7, 11) is 1.88. The molecule has 6 heterocycles. The van der Waals surface area contributed by atoms with Gasteiger partial charge in [-0.2, -0.15) is 15.1 Å². The lowest BCUT2D eigenvalue weighted by atomic mass is 10.1. The zero-order chi connectivity index (χ0) is 26.1. The first kappa shape index (κ1) is 24.2. The van der Waals surface area contributed by atoms with Crippen molar-refractivity contribution in [2.45, 2.75) is 13.0 Å². The monoisotopic (exact) mass is 532 g/mol.